The highest BCUT2D eigenvalue weighted by atomic mass is 19.3. The quantitative estimate of drug-likeness (QED) is 0.621. The second-order valence-electron chi connectivity index (χ2n) is 3.02. The molecule has 0 saturated carbocycles. The maximum absolute atomic E-state index is 13.0. The van der Waals surface area contributed by atoms with E-state index >= 15 is 0 Å². The molecular weight excluding hydrogens is 217 g/mol. The Morgan fingerprint density at radius 3 is 2.07 bits per heavy atom. The number of benzene rings is 1. The van der Waals surface area contributed by atoms with Gasteiger partial charge in [0.1, 0.15) is 5.82 Å². The molecule has 2 N–H and O–H groups in total. The molecule has 1 aromatic rings. The second-order valence-corrected chi connectivity index (χ2v) is 3.02. The zero-order chi connectivity index (χ0) is 11.6. The lowest BCUT2D eigenvalue weighted by Gasteiger charge is -2.12. The third kappa shape index (κ3) is 2.89. The van der Waals surface area contributed by atoms with Crippen LogP contribution in [0.4, 0.5) is 22.0 Å². The molecule has 1 rings (SSSR count). The Bertz CT molecular complexity index is 353. The van der Waals surface area contributed by atoms with Crippen LogP contribution < -0.4 is 5.73 Å². The fraction of sp³-hybridized carbons (Fsp3) is 0.333. The number of halogens is 5. The highest BCUT2D eigenvalue weighted by Gasteiger charge is 2.18. The van der Waals surface area contributed by atoms with Crippen molar-refractivity contribution in [3.63, 3.8) is 0 Å². The van der Waals surface area contributed by atoms with Crippen molar-refractivity contribution >= 4 is 0 Å². The van der Waals surface area contributed by atoms with Gasteiger partial charge in [0.25, 0.3) is 0 Å². The van der Waals surface area contributed by atoms with E-state index in [9.17, 15) is 22.0 Å². The van der Waals surface area contributed by atoms with Gasteiger partial charge in [0.15, 0.2) is 11.6 Å². The smallest absolute Gasteiger partial charge is 0.240 e. The first-order valence-electron chi connectivity index (χ1n) is 4.10. The van der Waals surface area contributed by atoms with Crippen LogP contribution in [0, 0.1) is 17.5 Å². The van der Waals surface area contributed by atoms with E-state index in [1.807, 2.05) is 0 Å². The Morgan fingerprint density at radius 2 is 1.53 bits per heavy atom. The molecule has 0 spiro atoms. The molecule has 6 heteroatoms. The van der Waals surface area contributed by atoms with Crippen LogP contribution in [-0.4, -0.2) is 6.43 Å². The first-order valence-corrected chi connectivity index (χ1v) is 4.10. The summed E-state index contributed by atoms with van der Waals surface area (Å²) in [6, 6.07) is -0.562. The summed E-state index contributed by atoms with van der Waals surface area (Å²) in [5, 5.41) is 0. The SMILES string of the molecule is N[C@H](CC(F)F)c1cc(F)c(F)cc1F. The van der Waals surface area contributed by atoms with Crippen LogP contribution in [0.3, 0.4) is 0 Å². The number of rotatable bonds is 3. The first kappa shape index (κ1) is 11.9. The molecule has 0 radical (unpaired) electrons. The van der Waals surface area contributed by atoms with Crippen molar-refractivity contribution in [1.82, 2.24) is 0 Å². The molecule has 0 bridgehead atoms. The van der Waals surface area contributed by atoms with E-state index in [0.29, 0.717) is 6.07 Å². The summed E-state index contributed by atoms with van der Waals surface area (Å²) >= 11 is 0. The van der Waals surface area contributed by atoms with Gasteiger partial charge in [-0.05, 0) is 6.07 Å². The standard InChI is InChI=1S/C9H8F5N/c10-5-2-7(12)6(11)1-4(5)8(15)3-9(13)14/h1-2,8-9H,3,15H2/t8-/m1/s1. The topological polar surface area (TPSA) is 26.0 Å². The summed E-state index contributed by atoms with van der Waals surface area (Å²) in [5.41, 5.74) is 4.76. The van der Waals surface area contributed by atoms with E-state index in [-0.39, 0.29) is 6.07 Å². The van der Waals surface area contributed by atoms with Gasteiger partial charge in [0, 0.05) is 24.1 Å². The number of hydrogen-bond acceptors (Lipinski definition) is 1. The van der Waals surface area contributed by atoms with Crippen molar-refractivity contribution in [3.05, 3.63) is 35.1 Å². The van der Waals surface area contributed by atoms with Crippen LogP contribution in [0.2, 0.25) is 0 Å². The van der Waals surface area contributed by atoms with Crippen LogP contribution in [0.25, 0.3) is 0 Å². The molecular formula is C9H8F5N. The molecule has 0 fully saturated rings. The van der Waals surface area contributed by atoms with Gasteiger partial charge in [-0.2, -0.15) is 0 Å². The Kier molecular flexibility index (Phi) is 3.62. The lowest BCUT2D eigenvalue weighted by atomic mass is 10.0. The second kappa shape index (κ2) is 4.57. The summed E-state index contributed by atoms with van der Waals surface area (Å²) in [6.45, 7) is 0. The molecule has 84 valence electrons. The van der Waals surface area contributed by atoms with Crippen molar-refractivity contribution < 1.29 is 22.0 Å². The summed E-state index contributed by atoms with van der Waals surface area (Å²) in [6.07, 6.45) is -3.53. The molecule has 15 heavy (non-hydrogen) atoms. The van der Waals surface area contributed by atoms with E-state index in [2.05, 4.69) is 0 Å². The van der Waals surface area contributed by atoms with E-state index < -0.39 is 41.9 Å². The molecule has 0 heterocycles. The number of nitrogens with two attached hydrogens (primary N) is 1. The normalized spacial score (nSPS) is 13.3. The van der Waals surface area contributed by atoms with Crippen LogP contribution in [0.15, 0.2) is 12.1 Å². The van der Waals surface area contributed by atoms with Crippen molar-refractivity contribution in [1.29, 1.82) is 0 Å². The van der Waals surface area contributed by atoms with Gasteiger partial charge in [-0.3, -0.25) is 0 Å². The van der Waals surface area contributed by atoms with Gasteiger partial charge in [0.2, 0.25) is 6.43 Å². The summed E-state index contributed by atoms with van der Waals surface area (Å²) in [7, 11) is 0. The van der Waals surface area contributed by atoms with Gasteiger partial charge in [-0.1, -0.05) is 0 Å². The van der Waals surface area contributed by atoms with Crippen molar-refractivity contribution in [2.75, 3.05) is 0 Å². The molecule has 1 atom stereocenters. The Hall–Kier alpha value is -1.17. The average Bonchev–Trinajstić information content (AvgIpc) is 2.09. The molecule has 0 saturated heterocycles. The van der Waals surface area contributed by atoms with Crippen molar-refractivity contribution in [2.45, 2.75) is 18.9 Å². The molecule has 0 aromatic heterocycles. The molecule has 0 amide bonds. The molecule has 0 aliphatic carbocycles. The largest absolute Gasteiger partial charge is 0.324 e. The molecule has 0 aliphatic rings. The predicted octanol–water partition coefficient (Wildman–Crippen LogP) is 2.76. The third-order valence-corrected chi connectivity index (χ3v) is 1.87. The van der Waals surface area contributed by atoms with Crippen LogP contribution >= 0.6 is 0 Å². The van der Waals surface area contributed by atoms with E-state index in [1.54, 1.807) is 0 Å². The highest BCUT2D eigenvalue weighted by Crippen LogP contribution is 2.23. The Labute approximate surface area is 82.7 Å². The fourth-order valence-electron chi connectivity index (χ4n) is 1.14. The highest BCUT2D eigenvalue weighted by molar-refractivity contribution is 5.23. The number of alkyl halides is 2. The van der Waals surface area contributed by atoms with Gasteiger partial charge in [-0.15, -0.1) is 0 Å². The Balaban J connectivity index is 2.98. The summed E-state index contributed by atoms with van der Waals surface area (Å²) < 4.78 is 62.0. The molecule has 1 aromatic carbocycles. The monoisotopic (exact) mass is 225 g/mol. The minimum Gasteiger partial charge on any atom is -0.324 e. The average molecular weight is 225 g/mol. The van der Waals surface area contributed by atoms with Gasteiger partial charge in [0.05, 0.1) is 0 Å². The van der Waals surface area contributed by atoms with Gasteiger partial charge in [-0.25, -0.2) is 22.0 Å². The maximum atomic E-state index is 13.0. The fourth-order valence-corrected chi connectivity index (χ4v) is 1.14. The Morgan fingerprint density at radius 1 is 1.00 bits per heavy atom. The lowest BCUT2D eigenvalue weighted by Crippen LogP contribution is -2.16. The maximum Gasteiger partial charge on any atom is 0.240 e. The summed E-state index contributed by atoms with van der Waals surface area (Å²) in [4.78, 5) is 0. The molecule has 0 aliphatic heterocycles. The predicted molar refractivity (Wildman–Crippen MR) is 43.9 cm³/mol. The minimum atomic E-state index is -2.73. The minimum absolute atomic E-state index is 0.288. The van der Waals surface area contributed by atoms with Crippen LogP contribution in [-0.2, 0) is 0 Å². The first-order chi connectivity index (χ1) is 6.91. The molecule has 0 unspecified atom stereocenters. The van der Waals surface area contributed by atoms with E-state index in [1.165, 1.54) is 0 Å². The summed E-state index contributed by atoms with van der Waals surface area (Å²) in [5.74, 6) is -3.81. The zero-order valence-corrected chi connectivity index (χ0v) is 7.48. The molecule has 1 nitrogen and oxygen atoms in total. The van der Waals surface area contributed by atoms with Crippen molar-refractivity contribution in [2.24, 2.45) is 5.73 Å². The van der Waals surface area contributed by atoms with Crippen LogP contribution in [0.1, 0.15) is 18.0 Å². The van der Waals surface area contributed by atoms with Gasteiger partial charge < -0.3 is 5.73 Å². The van der Waals surface area contributed by atoms with E-state index in [4.69, 9.17) is 5.73 Å². The number of hydrogen-bond donors (Lipinski definition) is 1. The lowest BCUT2D eigenvalue weighted by molar-refractivity contribution is 0.128. The van der Waals surface area contributed by atoms with Crippen molar-refractivity contribution in [3.8, 4) is 0 Å². The van der Waals surface area contributed by atoms with E-state index in [0.717, 1.165) is 0 Å². The third-order valence-electron chi connectivity index (χ3n) is 1.87. The van der Waals surface area contributed by atoms with Crippen LogP contribution in [0.5, 0.6) is 0 Å². The van der Waals surface area contributed by atoms with Gasteiger partial charge >= 0.3 is 0 Å². The zero-order valence-electron chi connectivity index (χ0n) is 7.48.